The highest BCUT2D eigenvalue weighted by Gasteiger charge is 2.34. The zero-order valence-electron chi connectivity index (χ0n) is 25.2. The second-order valence-corrected chi connectivity index (χ2v) is 12.1. The van der Waals surface area contributed by atoms with Gasteiger partial charge in [0, 0.05) is 44.1 Å². The highest BCUT2D eigenvalue weighted by Crippen LogP contribution is 2.40. The Morgan fingerprint density at radius 3 is 1.41 bits per heavy atom. The minimum atomic E-state index is 0.00413. The first kappa shape index (κ1) is 28.7. The topological polar surface area (TPSA) is 102 Å². The molecule has 2 amide bonds. The molecule has 0 N–H and O–H groups in total. The monoisotopic (exact) mass is 600 g/mol. The van der Waals surface area contributed by atoms with E-state index in [2.05, 4.69) is 9.98 Å². The molecule has 44 heavy (non-hydrogen) atoms. The molecule has 10 nitrogen and oxygen atoms in total. The van der Waals surface area contributed by atoms with Gasteiger partial charge in [-0.05, 0) is 50.7 Å². The Kier molecular flexibility index (Phi) is 8.39. The van der Waals surface area contributed by atoms with Crippen molar-refractivity contribution in [2.45, 2.75) is 76.3 Å². The number of hydrogen-bond acceptors (Lipinski definition) is 8. The third-order valence-electron chi connectivity index (χ3n) is 9.08. The van der Waals surface area contributed by atoms with E-state index in [0.29, 0.717) is 78.3 Å². The number of rotatable bonds is 0. The molecule has 7 rings (SSSR count). The summed E-state index contributed by atoms with van der Waals surface area (Å²) in [5.41, 5.74) is 2.37. The van der Waals surface area contributed by atoms with Crippen LogP contribution < -0.4 is 18.9 Å². The minimum absolute atomic E-state index is 0.00413. The smallest absolute Gasteiger partial charge is 0.256 e. The zero-order valence-corrected chi connectivity index (χ0v) is 25.2. The number of carbonyl (C=O) groups is 2. The van der Waals surface area contributed by atoms with Crippen molar-refractivity contribution in [2.75, 3.05) is 39.5 Å². The van der Waals surface area contributed by atoms with Crippen LogP contribution in [0, 0.1) is 0 Å². The van der Waals surface area contributed by atoms with Gasteiger partial charge in [-0.15, -0.1) is 0 Å². The van der Waals surface area contributed by atoms with E-state index in [0.717, 1.165) is 70.9 Å². The van der Waals surface area contributed by atoms with Crippen LogP contribution in [0.3, 0.4) is 0 Å². The van der Waals surface area contributed by atoms with Gasteiger partial charge in [-0.2, -0.15) is 0 Å². The molecule has 0 radical (unpaired) electrons. The molecule has 232 valence electrons. The molecule has 2 aromatic rings. The van der Waals surface area contributed by atoms with Crippen molar-refractivity contribution >= 4 is 35.6 Å². The van der Waals surface area contributed by atoms with E-state index in [9.17, 15) is 9.59 Å². The molecule has 2 aromatic carbocycles. The molecule has 2 saturated heterocycles. The summed E-state index contributed by atoms with van der Waals surface area (Å²) in [6.45, 7) is 3.37. The van der Waals surface area contributed by atoms with Gasteiger partial charge in [0.25, 0.3) is 11.8 Å². The molecule has 0 aliphatic carbocycles. The highest BCUT2D eigenvalue weighted by atomic mass is 16.5. The lowest BCUT2D eigenvalue weighted by Crippen LogP contribution is -2.35. The molecule has 10 heteroatoms. The third-order valence-corrected chi connectivity index (χ3v) is 9.08. The summed E-state index contributed by atoms with van der Waals surface area (Å²) in [7, 11) is 0. The van der Waals surface area contributed by atoms with Crippen LogP contribution in [0.25, 0.3) is 0 Å². The Morgan fingerprint density at radius 1 is 0.523 bits per heavy atom. The summed E-state index contributed by atoms with van der Waals surface area (Å²) in [5, 5.41) is 0. The van der Waals surface area contributed by atoms with Gasteiger partial charge in [0.2, 0.25) is 0 Å². The molecular weight excluding hydrogens is 560 g/mol. The number of benzene rings is 2. The molecular formula is C34H40N4O6. The Morgan fingerprint density at radius 2 is 0.932 bits per heavy atom. The summed E-state index contributed by atoms with van der Waals surface area (Å²) in [6, 6.07) is 7.38. The highest BCUT2D eigenvalue weighted by molar-refractivity contribution is 6.04. The predicted octanol–water partition coefficient (Wildman–Crippen LogP) is 5.90. The Labute approximate surface area is 258 Å². The van der Waals surface area contributed by atoms with Gasteiger partial charge in [-0.3, -0.25) is 19.6 Å². The maximum Gasteiger partial charge on any atom is 0.256 e. The van der Waals surface area contributed by atoms with Crippen molar-refractivity contribution in [3.63, 3.8) is 0 Å². The first-order valence-electron chi connectivity index (χ1n) is 16.2. The standard InChI is InChI=1S/C34H40N4O6/c39-33-25-17-29-31(19-27(25)35-21-23-9-6-11-37(23)33)43-15-8-16-44-32-20-28-26(34(40)38-12-7-10-24(38)22-36-28)18-30(32)42-14-5-3-1-2-4-13-41-29/h17-24H,1-16H2/t23-,24-/m0/s1. The quantitative estimate of drug-likeness (QED) is 0.373. The van der Waals surface area contributed by atoms with Crippen LogP contribution in [0.1, 0.15) is 84.9 Å². The Hall–Kier alpha value is -4.08. The van der Waals surface area contributed by atoms with E-state index in [1.165, 1.54) is 0 Å². The fourth-order valence-corrected chi connectivity index (χ4v) is 6.67. The summed E-state index contributed by atoms with van der Waals surface area (Å²) >= 11 is 0. The summed E-state index contributed by atoms with van der Waals surface area (Å²) in [4.78, 5) is 39.9. The first-order chi connectivity index (χ1) is 21.7. The van der Waals surface area contributed by atoms with Crippen LogP contribution in [0.5, 0.6) is 23.0 Å². The van der Waals surface area contributed by atoms with Gasteiger partial charge >= 0.3 is 0 Å². The van der Waals surface area contributed by atoms with Crippen molar-refractivity contribution < 1.29 is 28.5 Å². The van der Waals surface area contributed by atoms with E-state index in [1.807, 2.05) is 46.5 Å². The molecule has 0 unspecified atom stereocenters. The molecule has 0 saturated carbocycles. The Balaban J connectivity index is 1.10. The van der Waals surface area contributed by atoms with Crippen molar-refractivity contribution in [3.8, 4) is 23.0 Å². The van der Waals surface area contributed by atoms with Crippen molar-refractivity contribution in [1.82, 2.24) is 9.80 Å². The second-order valence-electron chi connectivity index (χ2n) is 12.1. The van der Waals surface area contributed by atoms with Crippen molar-refractivity contribution in [1.29, 1.82) is 0 Å². The summed E-state index contributed by atoms with van der Waals surface area (Å²) in [5.74, 6) is 2.33. The van der Waals surface area contributed by atoms with E-state index in [1.54, 1.807) is 0 Å². The fourth-order valence-electron chi connectivity index (χ4n) is 6.67. The zero-order chi connectivity index (χ0) is 29.9. The number of hydrogen-bond donors (Lipinski definition) is 0. The summed E-state index contributed by atoms with van der Waals surface area (Å²) in [6.07, 6.45) is 13.2. The number of amides is 2. The number of ether oxygens (including phenoxy) is 4. The van der Waals surface area contributed by atoms with Crippen molar-refractivity contribution in [3.05, 3.63) is 35.4 Å². The van der Waals surface area contributed by atoms with Gasteiger partial charge < -0.3 is 28.7 Å². The Bertz CT molecular complexity index is 1360. The maximum atomic E-state index is 13.4. The molecule has 5 heterocycles. The maximum absolute atomic E-state index is 13.4. The van der Waals surface area contributed by atoms with Crippen LogP contribution >= 0.6 is 0 Å². The SMILES string of the molecule is O=C1c2cc3c(cc2N=C[C@@H]2CCCN12)OCCCOc1cc2c(cc1OCCCCCCCO3)C(=O)N1CCC[C@H]1C=N2. The normalized spacial score (nSPS) is 23.9. The second kappa shape index (κ2) is 12.9. The van der Waals surface area contributed by atoms with E-state index < -0.39 is 0 Å². The number of aliphatic imine (C=N–C) groups is 2. The van der Waals surface area contributed by atoms with Crippen LogP contribution in [0.15, 0.2) is 34.3 Å². The minimum Gasteiger partial charge on any atom is -0.490 e. The van der Waals surface area contributed by atoms with Gasteiger partial charge in [0.1, 0.15) is 0 Å². The van der Waals surface area contributed by atoms with Crippen LogP contribution in [0.4, 0.5) is 11.4 Å². The fraction of sp³-hybridized carbons (Fsp3) is 0.529. The number of nitrogens with zero attached hydrogens (tertiary/aromatic N) is 4. The molecule has 5 aliphatic rings. The van der Waals surface area contributed by atoms with Crippen LogP contribution in [-0.4, -0.2) is 85.6 Å². The third kappa shape index (κ3) is 5.86. The number of carbonyl (C=O) groups excluding carboxylic acids is 2. The molecule has 0 spiro atoms. The predicted molar refractivity (Wildman–Crippen MR) is 167 cm³/mol. The van der Waals surface area contributed by atoms with Gasteiger partial charge in [0.15, 0.2) is 23.0 Å². The van der Waals surface area contributed by atoms with Gasteiger partial charge in [-0.1, -0.05) is 19.3 Å². The van der Waals surface area contributed by atoms with E-state index in [-0.39, 0.29) is 23.9 Å². The van der Waals surface area contributed by atoms with Crippen LogP contribution in [-0.2, 0) is 0 Å². The van der Waals surface area contributed by atoms with Crippen LogP contribution in [0.2, 0.25) is 0 Å². The molecule has 0 bridgehead atoms. The van der Waals surface area contributed by atoms with E-state index >= 15 is 0 Å². The lowest BCUT2D eigenvalue weighted by atomic mass is 10.1. The average Bonchev–Trinajstić information content (AvgIpc) is 3.66. The van der Waals surface area contributed by atoms with Crippen molar-refractivity contribution in [2.24, 2.45) is 9.98 Å². The molecule has 2 fully saturated rings. The largest absolute Gasteiger partial charge is 0.490 e. The lowest BCUT2D eigenvalue weighted by molar-refractivity contribution is 0.0766. The number of fused-ring (bicyclic) bond motifs is 6. The average molecular weight is 601 g/mol. The van der Waals surface area contributed by atoms with E-state index in [4.69, 9.17) is 18.9 Å². The lowest BCUT2D eigenvalue weighted by Gasteiger charge is -2.21. The first-order valence-corrected chi connectivity index (χ1v) is 16.2. The molecule has 5 aliphatic heterocycles. The molecule has 0 aromatic heterocycles. The summed E-state index contributed by atoms with van der Waals surface area (Å²) < 4.78 is 24.8. The van der Waals surface area contributed by atoms with Gasteiger partial charge in [-0.25, -0.2) is 0 Å². The molecule has 2 atom stereocenters. The van der Waals surface area contributed by atoms with Gasteiger partial charge in [0.05, 0.1) is 61.0 Å².